The highest BCUT2D eigenvalue weighted by atomic mass is 16.6. The lowest BCUT2D eigenvalue weighted by Crippen LogP contribution is -2.03. The molecular weight excluding hydrogens is 392 g/mol. The average molecular weight is 404 g/mol. The molecule has 0 aliphatic carbocycles. The second-order valence-electron chi connectivity index (χ2n) is 6.20. The molecule has 0 aliphatic heterocycles. The van der Waals surface area contributed by atoms with Crippen LogP contribution in [-0.4, -0.2) is 15.6 Å². The Balaban J connectivity index is 1.83. The summed E-state index contributed by atoms with van der Waals surface area (Å²) in [6.45, 7) is 0. The summed E-state index contributed by atoms with van der Waals surface area (Å²) < 4.78 is 10.8. The maximum atomic E-state index is 13.3. The Morgan fingerprint density at radius 3 is 1.47 bits per heavy atom. The van der Waals surface area contributed by atoms with Gasteiger partial charge in [-0.15, -0.1) is 0 Å². The summed E-state index contributed by atoms with van der Waals surface area (Å²) in [5.74, 6) is -0.483. The maximum absolute atomic E-state index is 13.3. The first-order valence-corrected chi connectivity index (χ1v) is 8.66. The molecule has 9 heteroatoms. The van der Waals surface area contributed by atoms with E-state index in [0.29, 0.717) is 0 Å². The van der Waals surface area contributed by atoms with E-state index in [0.717, 1.165) is 0 Å². The normalized spacial score (nSPS) is 10.7. The number of hydrogen-bond donors (Lipinski definition) is 0. The van der Waals surface area contributed by atoms with Crippen LogP contribution in [-0.2, 0) is 0 Å². The third kappa shape index (κ3) is 3.14. The first-order chi connectivity index (χ1) is 14.5. The predicted molar refractivity (Wildman–Crippen MR) is 105 cm³/mol. The monoisotopic (exact) mass is 404 g/mol. The second-order valence-corrected chi connectivity index (χ2v) is 6.20. The zero-order chi connectivity index (χ0) is 21.3. The molecule has 0 fully saturated rings. The number of nitro benzene ring substituents is 2. The van der Waals surface area contributed by atoms with Crippen LogP contribution in [0.2, 0.25) is 0 Å². The van der Waals surface area contributed by atoms with Gasteiger partial charge in [-0.2, -0.15) is 0 Å². The average Bonchev–Trinajstić information content (AvgIpc) is 3.43. The van der Waals surface area contributed by atoms with Gasteiger partial charge >= 0.3 is 0 Å². The Kier molecular flexibility index (Phi) is 4.69. The molecular formula is C21H12N2O7. The number of ketones is 1. The molecule has 0 bridgehead atoms. The van der Waals surface area contributed by atoms with Crippen LogP contribution in [0.25, 0.3) is 22.6 Å². The Morgan fingerprint density at radius 1 is 0.667 bits per heavy atom. The van der Waals surface area contributed by atoms with Gasteiger partial charge in [0, 0.05) is 12.1 Å². The first-order valence-electron chi connectivity index (χ1n) is 8.66. The summed E-state index contributed by atoms with van der Waals surface area (Å²) in [5, 5.41) is 22.7. The fourth-order valence-corrected chi connectivity index (χ4v) is 3.19. The van der Waals surface area contributed by atoms with Crippen molar-refractivity contribution in [2.75, 3.05) is 0 Å². The standard InChI is InChI=1S/C21H12N2O7/c24-19(15-9-11-29-20(15)13-5-1-3-7-17(13)22(25)26)16-10-12-30-21(16)14-6-2-4-8-18(14)23(27)28/h1-12H. The maximum Gasteiger partial charge on any atom is 0.280 e. The van der Waals surface area contributed by atoms with Gasteiger partial charge < -0.3 is 8.83 Å². The smallest absolute Gasteiger partial charge is 0.280 e. The molecule has 0 spiro atoms. The Labute approximate surface area is 168 Å². The molecule has 9 nitrogen and oxygen atoms in total. The minimum Gasteiger partial charge on any atom is -0.463 e. The minimum atomic E-state index is -0.567. The van der Waals surface area contributed by atoms with Crippen molar-refractivity contribution in [1.82, 2.24) is 0 Å². The zero-order valence-corrected chi connectivity index (χ0v) is 15.2. The largest absolute Gasteiger partial charge is 0.463 e. The molecule has 0 atom stereocenters. The molecule has 0 unspecified atom stereocenters. The van der Waals surface area contributed by atoms with E-state index in [4.69, 9.17) is 8.83 Å². The Morgan fingerprint density at radius 2 is 1.07 bits per heavy atom. The van der Waals surface area contributed by atoms with Crippen molar-refractivity contribution in [3.63, 3.8) is 0 Å². The molecule has 4 rings (SSSR count). The van der Waals surface area contributed by atoms with Gasteiger partial charge in [0.1, 0.15) is 0 Å². The van der Waals surface area contributed by atoms with Crippen LogP contribution < -0.4 is 0 Å². The molecule has 0 amide bonds. The molecule has 2 heterocycles. The summed E-state index contributed by atoms with van der Waals surface area (Å²) in [4.78, 5) is 34.9. The number of nitro groups is 2. The van der Waals surface area contributed by atoms with Gasteiger partial charge in [0.2, 0.25) is 5.78 Å². The molecule has 2 aromatic carbocycles. The van der Waals surface area contributed by atoms with E-state index < -0.39 is 15.6 Å². The lowest BCUT2D eigenvalue weighted by Gasteiger charge is -2.05. The van der Waals surface area contributed by atoms with Crippen LogP contribution in [0.3, 0.4) is 0 Å². The van der Waals surface area contributed by atoms with Crippen molar-refractivity contribution >= 4 is 17.2 Å². The second kappa shape index (κ2) is 7.47. The summed E-state index contributed by atoms with van der Waals surface area (Å²) in [5.41, 5.74) is 0.00877. The summed E-state index contributed by atoms with van der Waals surface area (Å²) in [6, 6.07) is 14.6. The fourth-order valence-electron chi connectivity index (χ4n) is 3.19. The van der Waals surface area contributed by atoms with Gasteiger partial charge in [0.15, 0.2) is 11.5 Å². The minimum absolute atomic E-state index is 0.0296. The van der Waals surface area contributed by atoms with E-state index in [2.05, 4.69) is 0 Å². The first kappa shape index (κ1) is 18.8. The number of benzene rings is 2. The van der Waals surface area contributed by atoms with Gasteiger partial charge in [-0.05, 0) is 24.3 Å². The van der Waals surface area contributed by atoms with Crippen LogP contribution in [0.5, 0.6) is 0 Å². The van der Waals surface area contributed by atoms with Crippen LogP contribution in [0.1, 0.15) is 15.9 Å². The van der Waals surface area contributed by atoms with Crippen molar-refractivity contribution in [3.8, 4) is 22.6 Å². The molecule has 0 N–H and O–H groups in total. The fraction of sp³-hybridized carbons (Fsp3) is 0. The highest BCUT2D eigenvalue weighted by molar-refractivity contribution is 6.15. The van der Waals surface area contributed by atoms with Crippen LogP contribution in [0, 0.1) is 20.2 Å². The predicted octanol–water partition coefficient (Wildman–Crippen LogP) is 5.25. The molecule has 30 heavy (non-hydrogen) atoms. The number of carbonyl (C=O) groups excluding carboxylic acids is 1. The van der Waals surface area contributed by atoms with E-state index in [1.165, 1.54) is 61.1 Å². The van der Waals surface area contributed by atoms with Gasteiger partial charge in [0.05, 0.1) is 44.6 Å². The Hall–Kier alpha value is -4.53. The molecule has 2 aromatic heterocycles. The number of furan rings is 2. The zero-order valence-electron chi connectivity index (χ0n) is 15.2. The number of carbonyl (C=O) groups is 1. The van der Waals surface area contributed by atoms with Gasteiger partial charge in [-0.1, -0.05) is 24.3 Å². The molecule has 0 saturated heterocycles. The molecule has 0 radical (unpaired) electrons. The van der Waals surface area contributed by atoms with E-state index >= 15 is 0 Å². The summed E-state index contributed by atoms with van der Waals surface area (Å²) in [6.07, 6.45) is 2.51. The van der Waals surface area contributed by atoms with Crippen molar-refractivity contribution in [2.45, 2.75) is 0 Å². The lowest BCUT2D eigenvalue weighted by atomic mass is 9.97. The van der Waals surface area contributed by atoms with Gasteiger partial charge in [0.25, 0.3) is 11.4 Å². The van der Waals surface area contributed by atoms with Crippen LogP contribution in [0.4, 0.5) is 11.4 Å². The molecule has 0 aliphatic rings. The third-order valence-corrected chi connectivity index (χ3v) is 4.51. The number of hydrogen-bond acceptors (Lipinski definition) is 7. The molecule has 4 aromatic rings. The van der Waals surface area contributed by atoms with Crippen LogP contribution >= 0.6 is 0 Å². The van der Waals surface area contributed by atoms with Crippen LogP contribution in [0.15, 0.2) is 82.0 Å². The van der Waals surface area contributed by atoms with Gasteiger partial charge in [-0.3, -0.25) is 25.0 Å². The summed E-state index contributed by atoms with van der Waals surface area (Å²) in [7, 11) is 0. The SMILES string of the molecule is O=C(c1ccoc1-c1ccccc1[N+](=O)[O-])c1ccoc1-c1ccccc1[N+](=O)[O-]. The number of para-hydroxylation sites is 2. The van der Waals surface area contributed by atoms with Gasteiger partial charge in [-0.25, -0.2) is 0 Å². The van der Waals surface area contributed by atoms with Crippen molar-refractivity contribution < 1.29 is 23.5 Å². The molecule has 148 valence electrons. The highest BCUT2D eigenvalue weighted by Crippen LogP contribution is 2.37. The van der Waals surface area contributed by atoms with Crippen molar-refractivity contribution in [1.29, 1.82) is 0 Å². The number of nitrogens with zero attached hydrogens (tertiary/aromatic N) is 2. The summed E-state index contributed by atoms with van der Waals surface area (Å²) >= 11 is 0. The molecule has 0 saturated carbocycles. The topological polar surface area (TPSA) is 130 Å². The van der Waals surface area contributed by atoms with Crippen molar-refractivity contribution in [3.05, 3.63) is 105 Å². The number of rotatable bonds is 6. The quantitative estimate of drug-likeness (QED) is 0.243. The Bertz CT molecular complexity index is 1190. The van der Waals surface area contributed by atoms with Crippen molar-refractivity contribution in [2.24, 2.45) is 0 Å². The van der Waals surface area contributed by atoms with E-state index in [9.17, 15) is 25.0 Å². The third-order valence-electron chi connectivity index (χ3n) is 4.51. The van der Waals surface area contributed by atoms with E-state index in [1.807, 2.05) is 0 Å². The van der Waals surface area contributed by atoms with E-state index in [-0.39, 0.29) is 45.1 Å². The highest BCUT2D eigenvalue weighted by Gasteiger charge is 2.28. The van der Waals surface area contributed by atoms with E-state index in [1.54, 1.807) is 12.1 Å². The lowest BCUT2D eigenvalue weighted by molar-refractivity contribution is -0.384.